The van der Waals surface area contributed by atoms with Crippen molar-refractivity contribution in [3.05, 3.63) is 59.7 Å². The molecule has 0 aromatic heterocycles. The summed E-state index contributed by atoms with van der Waals surface area (Å²) in [7, 11) is 0. The van der Waals surface area contributed by atoms with Gasteiger partial charge in [-0.05, 0) is 75.2 Å². The van der Waals surface area contributed by atoms with E-state index in [-0.39, 0.29) is 26.2 Å². The normalized spacial score (nSPS) is 21.8. The third-order valence-electron chi connectivity index (χ3n) is 7.36. The number of piperidine rings is 2. The van der Waals surface area contributed by atoms with E-state index >= 15 is 0 Å². The third kappa shape index (κ3) is 9.75. The maximum Gasteiger partial charge on any atom is 0.415 e. The lowest BCUT2D eigenvalue weighted by Crippen LogP contribution is -2.54. The number of hydrogen-bond donors (Lipinski definition) is 0. The van der Waals surface area contributed by atoms with Gasteiger partial charge in [0.1, 0.15) is 23.7 Å². The van der Waals surface area contributed by atoms with Crippen LogP contribution in [0.1, 0.15) is 36.8 Å². The van der Waals surface area contributed by atoms with Crippen LogP contribution in [-0.2, 0) is 4.74 Å². The number of nitriles is 2. The van der Waals surface area contributed by atoms with Gasteiger partial charge in [-0.3, -0.25) is 9.80 Å². The number of ether oxygens (including phenoxy) is 3. The molecule has 0 saturated carbocycles. The summed E-state index contributed by atoms with van der Waals surface area (Å²) in [5, 5.41) is 18.2. The number of hydrogen-bond acceptors (Lipinski definition) is 7. The van der Waals surface area contributed by atoms with Gasteiger partial charge in [-0.25, -0.2) is 0 Å². The first-order chi connectivity index (χ1) is 20.4. The monoisotopic (exact) mass is 610 g/mol. The molecule has 0 amide bonds. The zero-order chi connectivity index (χ0) is 31.0. The molecule has 2 heterocycles. The van der Waals surface area contributed by atoms with E-state index in [2.05, 4.69) is 0 Å². The zero-order valence-electron chi connectivity index (χ0n) is 23.3. The maximum absolute atomic E-state index is 14.1. The Labute approximate surface area is 246 Å². The van der Waals surface area contributed by atoms with Gasteiger partial charge in [0, 0.05) is 26.2 Å². The van der Waals surface area contributed by atoms with Crippen LogP contribution in [0.2, 0.25) is 0 Å². The summed E-state index contributed by atoms with van der Waals surface area (Å²) in [5.41, 5.74) is 0.738. The van der Waals surface area contributed by atoms with Crippen molar-refractivity contribution in [2.45, 2.75) is 62.5 Å². The van der Waals surface area contributed by atoms with Crippen LogP contribution in [0.25, 0.3) is 0 Å². The van der Waals surface area contributed by atoms with Crippen molar-refractivity contribution >= 4 is 0 Å². The van der Waals surface area contributed by atoms with Gasteiger partial charge < -0.3 is 14.2 Å². The minimum absolute atomic E-state index is 0.0710. The molecule has 0 spiro atoms. The SMILES string of the molecule is N#Cc1cccc(OC2CCCN(C[C@H](O[C@@H](CN3CCCC(Oc4cccc(C#N)c4)C3)C(F)(F)F)C(F)(F)F)C2)c1. The van der Waals surface area contributed by atoms with Gasteiger partial charge >= 0.3 is 12.4 Å². The lowest BCUT2D eigenvalue weighted by Gasteiger charge is -2.38. The van der Waals surface area contributed by atoms with Gasteiger partial charge in [-0.2, -0.15) is 36.9 Å². The Morgan fingerprint density at radius 1 is 0.721 bits per heavy atom. The van der Waals surface area contributed by atoms with E-state index in [1.54, 1.807) is 36.4 Å². The third-order valence-corrected chi connectivity index (χ3v) is 7.36. The van der Waals surface area contributed by atoms with Gasteiger partial charge in [-0.1, -0.05) is 12.1 Å². The van der Waals surface area contributed by atoms with Crippen LogP contribution in [-0.4, -0.2) is 85.8 Å². The highest BCUT2D eigenvalue weighted by molar-refractivity contribution is 5.37. The Hall–Kier alpha value is -3.52. The first-order valence-electron chi connectivity index (χ1n) is 14.0. The number of alkyl halides is 6. The minimum atomic E-state index is -5.03. The first kappa shape index (κ1) is 32.4. The van der Waals surface area contributed by atoms with Crippen LogP contribution in [0.3, 0.4) is 0 Å². The molecule has 2 fully saturated rings. The molecule has 4 rings (SSSR count). The Balaban J connectivity index is 1.38. The smallest absolute Gasteiger partial charge is 0.415 e. The van der Waals surface area contributed by atoms with Crippen molar-refractivity contribution in [1.29, 1.82) is 10.5 Å². The first-order valence-corrected chi connectivity index (χ1v) is 14.0. The number of likely N-dealkylation sites (tertiary alicyclic amines) is 2. The summed E-state index contributed by atoms with van der Waals surface area (Å²) in [6, 6.07) is 16.7. The Kier molecular flexibility index (Phi) is 10.8. The summed E-state index contributed by atoms with van der Waals surface area (Å²) in [6.45, 7) is -0.890. The van der Waals surface area contributed by atoms with E-state index in [4.69, 9.17) is 24.7 Å². The highest BCUT2D eigenvalue weighted by atomic mass is 19.4. The average molecular weight is 611 g/mol. The number of nitrogens with zero attached hydrogens (tertiary/aromatic N) is 4. The summed E-state index contributed by atoms with van der Waals surface area (Å²) in [5.74, 6) is 0.793. The van der Waals surface area contributed by atoms with Gasteiger partial charge in [0.25, 0.3) is 0 Å². The van der Waals surface area contributed by atoms with E-state index in [1.165, 1.54) is 21.9 Å². The van der Waals surface area contributed by atoms with E-state index < -0.39 is 49.9 Å². The van der Waals surface area contributed by atoms with Gasteiger partial charge in [0.2, 0.25) is 0 Å². The van der Waals surface area contributed by atoms with Crippen molar-refractivity contribution in [3.63, 3.8) is 0 Å². The summed E-state index contributed by atoms with van der Waals surface area (Å²) < 4.78 is 101. The van der Waals surface area contributed by atoms with Gasteiger partial charge in [0.15, 0.2) is 12.2 Å². The standard InChI is InChI=1S/C30H32F6N4O3/c31-29(32,33)27(19-39-11-3-9-25(17-39)41-23-7-1-5-21(13-23)15-37)43-28(30(34,35)36)20-40-12-4-10-26(18-40)42-24-8-2-6-22(14-24)16-38/h1-2,5-8,13-14,25-28H,3-4,9-12,17-20H2/t25?,26?,27-,28-/m0/s1. The van der Waals surface area contributed by atoms with Crippen molar-refractivity contribution in [2.75, 3.05) is 39.3 Å². The van der Waals surface area contributed by atoms with Crippen LogP contribution in [0, 0.1) is 22.7 Å². The fourth-order valence-corrected chi connectivity index (χ4v) is 5.33. The van der Waals surface area contributed by atoms with Gasteiger partial charge in [0.05, 0.1) is 23.3 Å². The molecule has 7 nitrogen and oxygen atoms in total. The Morgan fingerprint density at radius 2 is 1.14 bits per heavy atom. The molecule has 2 aliphatic heterocycles. The van der Waals surface area contributed by atoms with E-state index in [0.29, 0.717) is 48.3 Å². The molecule has 2 aliphatic rings. The second-order valence-electron chi connectivity index (χ2n) is 10.8. The van der Waals surface area contributed by atoms with E-state index in [1.807, 2.05) is 12.1 Å². The molecular weight excluding hydrogens is 578 g/mol. The number of benzene rings is 2. The van der Waals surface area contributed by atoms with Crippen molar-refractivity contribution in [2.24, 2.45) is 0 Å². The Bertz CT molecular complexity index is 1190. The van der Waals surface area contributed by atoms with Gasteiger partial charge in [-0.15, -0.1) is 0 Å². The fraction of sp³-hybridized carbons (Fsp3) is 0.533. The lowest BCUT2D eigenvalue weighted by atomic mass is 10.1. The second kappa shape index (κ2) is 14.3. The van der Waals surface area contributed by atoms with Crippen molar-refractivity contribution in [3.8, 4) is 23.6 Å². The van der Waals surface area contributed by atoms with E-state index in [9.17, 15) is 26.3 Å². The number of halogens is 6. The van der Waals surface area contributed by atoms with E-state index in [0.717, 1.165) is 0 Å². The van der Waals surface area contributed by atoms with Crippen molar-refractivity contribution < 1.29 is 40.6 Å². The second-order valence-corrected chi connectivity index (χ2v) is 10.8. The quantitative estimate of drug-likeness (QED) is 0.320. The molecule has 43 heavy (non-hydrogen) atoms. The lowest BCUT2D eigenvalue weighted by molar-refractivity contribution is -0.291. The molecule has 232 valence electrons. The predicted molar refractivity (Wildman–Crippen MR) is 143 cm³/mol. The average Bonchev–Trinajstić information content (AvgIpc) is 2.96. The Morgan fingerprint density at radius 3 is 1.51 bits per heavy atom. The molecule has 0 N–H and O–H groups in total. The van der Waals surface area contributed by atoms with Crippen LogP contribution < -0.4 is 9.47 Å². The summed E-state index contributed by atoms with van der Waals surface area (Å²) in [6.07, 6.45) is -14.3. The molecule has 2 unspecified atom stereocenters. The summed E-state index contributed by atoms with van der Waals surface area (Å²) in [4.78, 5) is 2.82. The molecule has 0 aliphatic carbocycles. The van der Waals surface area contributed by atoms with Crippen molar-refractivity contribution in [1.82, 2.24) is 9.80 Å². The van der Waals surface area contributed by atoms with Crippen LogP contribution >= 0.6 is 0 Å². The van der Waals surface area contributed by atoms with Crippen LogP contribution in [0.4, 0.5) is 26.3 Å². The number of rotatable bonds is 10. The molecule has 4 atom stereocenters. The van der Waals surface area contributed by atoms with Crippen LogP contribution in [0.5, 0.6) is 11.5 Å². The molecule has 2 aromatic carbocycles. The molecule has 2 saturated heterocycles. The fourth-order valence-electron chi connectivity index (χ4n) is 5.33. The summed E-state index contributed by atoms with van der Waals surface area (Å²) >= 11 is 0. The topological polar surface area (TPSA) is 81.8 Å². The van der Waals surface area contributed by atoms with Crippen LogP contribution in [0.15, 0.2) is 48.5 Å². The predicted octanol–water partition coefficient (Wildman–Crippen LogP) is 5.69. The molecule has 13 heteroatoms. The zero-order valence-corrected chi connectivity index (χ0v) is 23.3. The molecule has 2 aromatic rings. The maximum atomic E-state index is 14.1. The largest absolute Gasteiger partial charge is 0.489 e. The minimum Gasteiger partial charge on any atom is -0.489 e. The molecule has 0 radical (unpaired) electrons. The highest BCUT2D eigenvalue weighted by Crippen LogP contribution is 2.32. The molecular formula is C30H32F6N4O3. The highest BCUT2D eigenvalue weighted by Gasteiger charge is 2.50. The molecule has 0 bridgehead atoms.